The highest BCUT2D eigenvalue weighted by Crippen LogP contribution is 2.31. The van der Waals surface area contributed by atoms with Gasteiger partial charge in [0.15, 0.2) is 5.60 Å². The summed E-state index contributed by atoms with van der Waals surface area (Å²) in [7, 11) is 0. The molecule has 1 aromatic rings. The summed E-state index contributed by atoms with van der Waals surface area (Å²) < 4.78 is 0. The van der Waals surface area contributed by atoms with E-state index in [4.69, 9.17) is 10.2 Å². The van der Waals surface area contributed by atoms with Crippen LogP contribution in [0.5, 0.6) is 0 Å². The van der Waals surface area contributed by atoms with Gasteiger partial charge in [0, 0.05) is 12.0 Å². The number of carbonyl (C=O) groups is 2. The molecule has 1 aliphatic rings. The second-order valence-electron chi connectivity index (χ2n) is 4.35. The molecular weight excluding hydrogens is 248 g/mol. The molecule has 1 unspecified atom stereocenters. The fourth-order valence-electron chi connectivity index (χ4n) is 1.95. The van der Waals surface area contributed by atoms with Crippen LogP contribution in [0.25, 0.3) is 5.57 Å². The average Bonchev–Trinajstić information content (AvgIpc) is 2.39. The van der Waals surface area contributed by atoms with Gasteiger partial charge in [-0.05, 0) is 23.3 Å². The van der Waals surface area contributed by atoms with Crippen LogP contribution < -0.4 is 0 Å². The fraction of sp³-hybridized carbons (Fsp3) is 0.143. The van der Waals surface area contributed by atoms with Gasteiger partial charge in [-0.3, -0.25) is 0 Å². The van der Waals surface area contributed by atoms with E-state index in [1.807, 2.05) is 0 Å². The van der Waals surface area contributed by atoms with Gasteiger partial charge in [0.2, 0.25) is 0 Å². The Kier molecular flexibility index (Phi) is 3.23. The molecule has 0 spiro atoms. The number of hydrogen-bond acceptors (Lipinski definition) is 3. The Labute approximate surface area is 109 Å². The third kappa shape index (κ3) is 2.56. The van der Waals surface area contributed by atoms with Crippen LogP contribution in [0.4, 0.5) is 0 Å². The number of benzene rings is 1. The molecule has 2 rings (SSSR count). The first-order valence-electron chi connectivity index (χ1n) is 5.60. The van der Waals surface area contributed by atoms with Gasteiger partial charge in [-0.2, -0.15) is 0 Å². The molecule has 0 aromatic heterocycles. The predicted molar refractivity (Wildman–Crippen MR) is 67.3 cm³/mol. The van der Waals surface area contributed by atoms with Gasteiger partial charge in [0.05, 0.1) is 0 Å². The Hall–Kier alpha value is -2.40. The van der Waals surface area contributed by atoms with Crippen molar-refractivity contribution in [3.8, 4) is 0 Å². The Bertz CT molecular complexity index is 585. The summed E-state index contributed by atoms with van der Waals surface area (Å²) in [5.74, 6) is -2.70. The highest BCUT2D eigenvalue weighted by molar-refractivity contribution is 5.97. The van der Waals surface area contributed by atoms with Crippen LogP contribution in [0.1, 0.15) is 12.0 Å². The second kappa shape index (κ2) is 4.70. The largest absolute Gasteiger partial charge is 0.479 e. The van der Waals surface area contributed by atoms with Crippen molar-refractivity contribution in [2.45, 2.75) is 12.0 Å². The first kappa shape index (κ1) is 13.0. The third-order valence-corrected chi connectivity index (χ3v) is 2.94. The van der Waals surface area contributed by atoms with Crippen LogP contribution in [0.2, 0.25) is 0 Å². The predicted octanol–water partition coefficient (Wildman–Crippen LogP) is 1.30. The Morgan fingerprint density at radius 1 is 1.11 bits per heavy atom. The lowest BCUT2D eigenvalue weighted by Crippen LogP contribution is -2.39. The van der Waals surface area contributed by atoms with Gasteiger partial charge < -0.3 is 15.3 Å². The van der Waals surface area contributed by atoms with Gasteiger partial charge in [0.25, 0.3) is 0 Å². The minimum atomic E-state index is -2.19. The maximum absolute atomic E-state index is 11.1. The van der Waals surface area contributed by atoms with Gasteiger partial charge in [-0.1, -0.05) is 30.3 Å². The topological polar surface area (TPSA) is 94.8 Å². The molecule has 98 valence electrons. The lowest BCUT2D eigenvalue weighted by atomic mass is 9.84. The van der Waals surface area contributed by atoms with E-state index in [9.17, 15) is 14.7 Å². The lowest BCUT2D eigenvalue weighted by molar-refractivity contribution is -0.153. The summed E-state index contributed by atoms with van der Waals surface area (Å²) >= 11 is 0. The third-order valence-electron chi connectivity index (χ3n) is 2.94. The highest BCUT2D eigenvalue weighted by Gasteiger charge is 2.39. The SMILES string of the molecule is O=C(O)C1=CC(c2ccccc2)=CC(O)(C(=O)O)C1. The van der Waals surface area contributed by atoms with Crippen molar-refractivity contribution in [2.75, 3.05) is 0 Å². The fourth-order valence-corrected chi connectivity index (χ4v) is 1.95. The molecule has 1 atom stereocenters. The molecular formula is C14H12O5. The minimum Gasteiger partial charge on any atom is -0.479 e. The summed E-state index contributed by atoms with van der Waals surface area (Å²) in [5.41, 5.74) is -1.28. The van der Waals surface area contributed by atoms with Crippen molar-refractivity contribution in [2.24, 2.45) is 0 Å². The summed E-state index contributed by atoms with van der Waals surface area (Å²) in [4.78, 5) is 22.1. The maximum Gasteiger partial charge on any atom is 0.340 e. The number of hydrogen-bond donors (Lipinski definition) is 3. The van der Waals surface area contributed by atoms with Crippen LogP contribution in [0.3, 0.4) is 0 Å². The number of carboxylic acid groups (broad SMARTS) is 2. The normalized spacial score (nSPS) is 22.4. The number of allylic oxidation sites excluding steroid dienone is 2. The minimum absolute atomic E-state index is 0.133. The van der Waals surface area contributed by atoms with Crippen molar-refractivity contribution >= 4 is 17.5 Å². The molecule has 0 amide bonds. The van der Waals surface area contributed by atoms with E-state index >= 15 is 0 Å². The molecule has 0 aliphatic heterocycles. The van der Waals surface area contributed by atoms with E-state index in [1.54, 1.807) is 30.3 Å². The molecule has 0 radical (unpaired) electrons. The second-order valence-corrected chi connectivity index (χ2v) is 4.35. The zero-order chi connectivity index (χ0) is 14.0. The van der Waals surface area contributed by atoms with E-state index in [2.05, 4.69) is 0 Å². The van der Waals surface area contributed by atoms with Gasteiger partial charge >= 0.3 is 11.9 Å². The van der Waals surface area contributed by atoms with Crippen molar-refractivity contribution in [1.29, 1.82) is 0 Å². The Morgan fingerprint density at radius 3 is 2.26 bits per heavy atom. The first-order valence-corrected chi connectivity index (χ1v) is 5.60. The quantitative estimate of drug-likeness (QED) is 0.761. The molecule has 0 saturated heterocycles. The molecule has 19 heavy (non-hydrogen) atoms. The van der Waals surface area contributed by atoms with Crippen LogP contribution in [-0.4, -0.2) is 32.9 Å². The van der Waals surface area contributed by atoms with Crippen molar-refractivity contribution in [3.63, 3.8) is 0 Å². The van der Waals surface area contributed by atoms with Crippen LogP contribution in [0.15, 0.2) is 48.1 Å². The van der Waals surface area contributed by atoms with E-state index in [0.29, 0.717) is 11.1 Å². The number of rotatable bonds is 3. The van der Waals surface area contributed by atoms with E-state index in [0.717, 1.165) is 0 Å². The summed E-state index contributed by atoms with van der Waals surface area (Å²) in [5, 5.41) is 28.1. The molecule has 0 heterocycles. The first-order chi connectivity index (χ1) is 8.92. The molecule has 0 fully saturated rings. The zero-order valence-corrected chi connectivity index (χ0v) is 9.91. The zero-order valence-electron chi connectivity index (χ0n) is 9.91. The number of aliphatic hydroxyl groups is 1. The monoisotopic (exact) mass is 260 g/mol. The summed E-state index contributed by atoms with van der Waals surface area (Å²) in [6, 6.07) is 8.72. The van der Waals surface area contributed by atoms with E-state index < -0.39 is 24.0 Å². The maximum atomic E-state index is 11.1. The smallest absolute Gasteiger partial charge is 0.340 e. The molecule has 0 saturated carbocycles. The number of aliphatic carboxylic acids is 2. The highest BCUT2D eigenvalue weighted by atomic mass is 16.4. The van der Waals surface area contributed by atoms with Gasteiger partial charge in [0.1, 0.15) is 0 Å². The molecule has 5 nitrogen and oxygen atoms in total. The standard InChI is InChI=1S/C14H12O5/c15-12(16)11-6-10(9-4-2-1-3-5-9)7-14(19,8-11)13(17)18/h1-7,19H,8H2,(H,15,16)(H,17,18). The molecule has 1 aromatic carbocycles. The van der Waals surface area contributed by atoms with Crippen LogP contribution in [-0.2, 0) is 9.59 Å². The van der Waals surface area contributed by atoms with E-state index in [-0.39, 0.29) is 5.57 Å². The molecule has 0 bridgehead atoms. The van der Waals surface area contributed by atoms with Crippen molar-refractivity contribution in [1.82, 2.24) is 0 Å². The van der Waals surface area contributed by atoms with Crippen molar-refractivity contribution < 1.29 is 24.9 Å². The molecule has 3 N–H and O–H groups in total. The molecule has 1 aliphatic carbocycles. The van der Waals surface area contributed by atoms with Gasteiger partial charge in [-0.25, -0.2) is 9.59 Å². The van der Waals surface area contributed by atoms with Gasteiger partial charge in [-0.15, -0.1) is 0 Å². The van der Waals surface area contributed by atoms with Crippen LogP contribution >= 0.6 is 0 Å². The summed E-state index contributed by atoms with van der Waals surface area (Å²) in [6.45, 7) is 0. The number of carboxylic acids is 2. The molecule has 5 heteroatoms. The van der Waals surface area contributed by atoms with E-state index in [1.165, 1.54) is 12.2 Å². The lowest BCUT2D eigenvalue weighted by Gasteiger charge is -2.25. The average molecular weight is 260 g/mol. The Morgan fingerprint density at radius 2 is 1.74 bits per heavy atom. The summed E-state index contributed by atoms with van der Waals surface area (Å²) in [6.07, 6.45) is 2.11. The Balaban J connectivity index is 2.53. The van der Waals surface area contributed by atoms with Crippen LogP contribution in [0, 0.1) is 0 Å². The van der Waals surface area contributed by atoms with Crippen molar-refractivity contribution in [3.05, 3.63) is 53.6 Å².